The molecule has 0 aliphatic carbocycles. The summed E-state index contributed by atoms with van der Waals surface area (Å²) in [4.78, 5) is 15.1. The Morgan fingerprint density at radius 1 is 0.926 bits per heavy atom. The molecule has 0 aromatic heterocycles. The fourth-order valence-corrected chi connectivity index (χ4v) is 5.23. The van der Waals surface area contributed by atoms with Gasteiger partial charge in [0.2, 0.25) is 0 Å². The highest BCUT2D eigenvalue weighted by Crippen LogP contribution is 2.49. The molecule has 0 fully saturated rings. The molecule has 0 saturated carbocycles. The first-order chi connectivity index (χ1) is 13.1. The molecule has 0 saturated heterocycles. The second-order valence-corrected chi connectivity index (χ2v) is 8.52. The first kappa shape index (κ1) is 17.0. The number of nitrogens with one attached hydrogen (secondary N) is 1. The van der Waals surface area contributed by atoms with Gasteiger partial charge in [-0.1, -0.05) is 70.5 Å². The molecule has 0 bridgehead atoms. The second kappa shape index (κ2) is 6.49. The summed E-state index contributed by atoms with van der Waals surface area (Å²) in [6.45, 7) is 0. The molecule has 1 amide bonds. The summed E-state index contributed by atoms with van der Waals surface area (Å²) in [6, 6.07) is 24.5. The molecule has 1 N–H and O–H groups in total. The van der Waals surface area contributed by atoms with E-state index in [1.807, 2.05) is 48.5 Å². The molecule has 2 aliphatic rings. The Hall–Kier alpha value is -2.12. The maximum Gasteiger partial charge on any atom is 0.255 e. The van der Waals surface area contributed by atoms with Gasteiger partial charge in [-0.05, 0) is 51.9 Å². The van der Waals surface area contributed by atoms with E-state index in [1.165, 1.54) is 9.14 Å². The van der Waals surface area contributed by atoms with Gasteiger partial charge in [0.05, 0.1) is 16.9 Å². The zero-order chi connectivity index (χ0) is 18.5. The summed E-state index contributed by atoms with van der Waals surface area (Å²) < 4.78 is 2.07. The van der Waals surface area contributed by atoms with Crippen molar-refractivity contribution < 1.29 is 4.79 Å². The van der Waals surface area contributed by atoms with E-state index >= 15 is 0 Å². The van der Waals surface area contributed by atoms with E-state index in [4.69, 9.17) is 0 Å². The van der Waals surface area contributed by atoms with Gasteiger partial charge < -0.3 is 10.2 Å². The van der Waals surface area contributed by atoms with Crippen LogP contribution in [0.3, 0.4) is 0 Å². The summed E-state index contributed by atoms with van der Waals surface area (Å²) >= 11 is 5.92. The smallest absolute Gasteiger partial charge is 0.255 e. The number of carbonyl (C=O) groups is 1. The molecule has 0 spiro atoms. The molecule has 2 heterocycles. The Bertz CT molecular complexity index is 1110. The van der Waals surface area contributed by atoms with Crippen LogP contribution in [0.2, 0.25) is 0 Å². The van der Waals surface area contributed by atoms with Crippen LogP contribution in [0.5, 0.6) is 0 Å². The molecule has 3 nitrogen and oxygen atoms in total. The lowest BCUT2D eigenvalue weighted by Crippen LogP contribution is -2.47. The number of anilines is 1. The predicted octanol–water partition coefficient (Wildman–Crippen LogP) is 5.97. The van der Waals surface area contributed by atoms with E-state index in [1.54, 1.807) is 0 Å². The van der Waals surface area contributed by atoms with Gasteiger partial charge in [-0.3, -0.25) is 4.79 Å². The lowest BCUT2D eigenvalue weighted by Gasteiger charge is -2.44. The second-order valence-electron chi connectivity index (χ2n) is 6.52. The van der Waals surface area contributed by atoms with Crippen LogP contribution in [0, 0.1) is 0 Å². The number of halogens is 2. The first-order valence-electron chi connectivity index (χ1n) is 8.59. The largest absolute Gasteiger partial charge is 0.327 e. The number of benzene rings is 3. The third-order valence-electron chi connectivity index (χ3n) is 4.98. The van der Waals surface area contributed by atoms with Crippen molar-refractivity contribution in [1.29, 1.82) is 0 Å². The lowest BCUT2D eigenvalue weighted by atomic mass is 9.92. The highest BCUT2D eigenvalue weighted by atomic mass is 127. The maximum absolute atomic E-state index is 12.9. The van der Waals surface area contributed by atoms with Gasteiger partial charge in [0.1, 0.15) is 6.17 Å². The van der Waals surface area contributed by atoms with Crippen LogP contribution < -0.4 is 10.2 Å². The molecule has 132 valence electrons. The molecule has 3 aromatic rings. The maximum atomic E-state index is 12.9. The van der Waals surface area contributed by atoms with Gasteiger partial charge >= 0.3 is 0 Å². The molecule has 27 heavy (non-hydrogen) atoms. The van der Waals surface area contributed by atoms with Crippen molar-refractivity contribution in [2.45, 2.75) is 6.17 Å². The minimum absolute atomic E-state index is 0.0494. The average molecular weight is 529 g/mol. The summed E-state index contributed by atoms with van der Waals surface area (Å²) in [6.07, 6.45) is -0.226. The van der Waals surface area contributed by atoms with Gasteiger partial charge in [-0.15, -0.1) is 0 Å². The number of nitrogens with zero attached hydrogens (tertiary/aromatic N) is 1. The number of rotatable bonds is 1. The van der Waals surface area contributed by atoms with Crippen molar-refractivity contribution in [2.24, 2.45) is 0 Å². The van der Waals surface area contributed by atoms with E-state index in [0.29, 0.717) is 5.56 Å². The van der Waals surface area contributed by atoms with Gasteiger partial charge in [0.25, 0.3) is 5.91 Å². The van der Waals surface area contributed by atoms with Gasteiger partial charge in [0.15, 0.2) is 0 Å². The van der Waals surface area contributed by atoms with Gasteiger partial charge in [-0.2, -0.15) is 0 Å². The summed E-state index contributed by atoms with van der Waals surface area (Å²) in [5.41, 5.74) is 6.13. The molecule has 5 rings (SSSR count). The van der Waals surface area contributed by atoms with Crippen LogP contribution in [0.15, 0.2) is 77.3 Å². The van der Waals surface area contributed by atoms with Crippen molar-refractivity contribution >= 4 is 59.4 Å². The first-order valence-corrected chi connectivity index (χ1v) is 10.5. The molecular formula is C22H14BrIN2O. The topological polar surface area (TPSA) is 32.3 Å². The number of hydrogen-bond acceptors (Lipinski definition) is 2. The molecule has 0 radical (unpaired) electrons. The molecular weight excluding hydrogens is 515 g/mol. The zero-order valence-corrected chi connectivity index (χ0v) is 17.9. The molecule has 5 heteroatoms. The number of amides is 1. The average Bonchev–Trinajstić information content (AvgIpc) is 2.70. The Labute approximate surface area is 179 Å². The molecule has 2 aliphatic heterocycles. The monoisotopic (exact) mass is 528 g/mol. The lowest BCUT2D eigenvalue weighted by molar-refractivity contribution is 0.0929. The Morgan fingerprint density at radius 2 is 1.67 bits per heavy atom. The number of fused-ring (bicyclic) bond motifs is 5. The van der Waals surface area contributed by atoms with Crippen LogP contribution >= 0.6 is 38.5 Å². The standard InChI is InChI=1S/C22H14BrIN2O/c23-14-10-11-18-17(12-14)22(27)25-21-16-9-5-4-8-15(16)19(24)20(26(18)21)13-6-2-1-3-7-13/h1-12,21H,(H,25,27). The van der Waals surface area contributed by atoms with Crippen molar-refractivity contribution in [2.75, 3.05) is 4.90 Å². The summed E-state index contributed by atoms with van der Waals surface area (Å²) in [7, 11) is 0. The minimum Gasteiger partial charge on any atom is -0.327 e. The van der Waals surface area contributed by atoms with E-state index in [0.717, 1.165) is 27.0 Å². The summed E-state index contributed by atoms with van der Waals surface area (Å²) in [5.74, 6) is -0.0494. The van der Waals surface area contributed by atoms with E-state index in [-0.39, 0.29) is 12.1 Å². The SMILES string of the molecule is O=C1NC2c3ccccc3C(I)=C(c3ccccc3)N2c2ccc(Br)cc21. The van der Waals surface area contributed by atoms with E-state index in [9.17, 15) is 4.79 Å². The molecule has 3 aromatic carbocycles. The van der Waals surface area contributed by atoms with Gasteiger partial charge in [-0.25, -0.2) is 0 Å². The predicted molar refractivity (Wildman–Crippen MR) is 121 cm³/mol. The third kappa shape index (κ3) is 2.63. The van der Waals surface area contributed by atoms with E-state index < -0.39 is 0 Å². The van der Waals surface area contributed by atoms with Crippen LogP contribution in [0.1, 0.15) is 33.2 Å². The van der Waals surface area contributed by atoms with Crippen molar-refractivity contribution in [3.63, 3.8) is 0 Å². The van der Waals surface area contributed by atoms with Crippen LogP contribution in [0.25, 0.3) is 9.28 Å². The number of hydrogen-bond donors (Lipinski definition) is 1. The number of carbonyl (C=O) groups excluding carboxylic acids is 1. The minimum atomic E-state index is -0.226. The Balaban J connectivity index is 1.84. The van der Waals surface area contributed by atoms with Crippen molar-refractivity contribution in [3.05, 3.63) is 99.5 Å². The zero-order valence-electron chi connectivity index (χ0n) is 14.1. The van der Waals surface area contributed by atoms with Crippen LogP contribution in [0.4, 0.5) is 5.69 Å². The van der Waals surface area contributed by atoms with Crippen LogP contribution in [-0.4, -0.2) is 5.91 Å². The van der Waals surface area contributed by atoms with Gasteiger partial charge in [0, 0.05) is 13.6 Å². The third-order valence-corrected chi connectivity index (χ3v) is 6.56. The highest BCUT2D eigenvalue weighted by molar-refractivity contribution is 14.1. The van der Waals surface area contributed by atoms with E-state index in [2.05, 4.69) is 73.0 Å². The Kier molecular flexibility index (Phi) is 4.09. The summed E-state index contributed by atoms with van der Waals surface area (Å²) in [5, 5.41) is 3.21. The quantitative estimate of drug-likeness (QED) is 0.394. The Morgan fingerprint density at radius 3 is 2.48 bits per heavy atom. The van der Waals surface area contributed by atoms with Crippen LogP contribution in [-0.2, 0) is 0 Å². The fourth-order valence-electron chi connectivity index (χ4n) is 3.80. The normalized spacial score (nSPS) is 17.8. The molecule has 1 unspecified atom stereocenters. The fraction of sp³-hybridized carbons (Fsp3) is 0.0455. The molecule has 1 atom stereocenters. The van der Waals surface area contributed by atoms with Crippen molar-refractivity contribution in [3.8, 4) is 0 Å². The highest BCUT2D eigenvalue weighted by Gasteiger charge is 2.39. The van der Waals surface area contributed by atoms with Crippen molar-refractivity contribution in [1.82, 2.24) is 5.32 Å².